The molecule has 6 heteroatoms. The molecule has 0 heterocycles. The van der Waals surface area contributed by atoms with E-state index < -0.39 is 0 Å². The van der Waals surface area contributed by atoms with Crippen LogP contribution in [0.2, 0.25) is 0 Å². The van der Waals surface area contributed by atoms with Gasteiger partial charge in [0.15, 0.2) is 0 Å². The van der Waals surface area contributed by atoms with E-state index in [0.29, 0.717) is 32.6 Å². The Labute approximate surface area is 135 Å². The molecule has 0 fully saturated rings. The summed E-state index contributed by atoms with van der Waals surface area (Å²) in [5, 5.41) is 2.73. The normalized spacial score (nSPS) is 10.5. The Hall–Kier alpha value is -0.516. The van der Waals surface area contributed by atoms with Crippen LogP contribution in [0.3, 0.4) is 0 Å². The third-order valence-corrected chi connectivity index (χ3v) is 2.27. The van der Waals surface area contributed by atoms with Crippen LogP contribution in [0.25, 0.3) is 0 Å². The SMILES string of the molecule is CC.[CH2-]COCCNC(=O)CC(C)CC(=O)N(C)C.[V]. The predicted octanol–water partition coefficient (Wildman–Crippen LogP) is 1.48. The zero-order valence-electron chi connectivity index (χ0n) is 13.4. The maximum atomic E-state index is 11.5. The topological polar surface area (TPSA) is 58.6 Å². The van der Waals surface area contributed by atoms with E-state index in [9.17, 15) is 9.59 Å². The summed E-state index contributed by atoms with van der Waals surface area (Å²) in [5.74, 6) is 0.0565. The second-order valence-electron chi connectivity index (χ2n) is 4.26. The molecular weight excluding hydrogens is 295 g/mol. The van der Waals surface area contributed by atoms with Gasteiger partial charge in [0.05, 0.1) is 6.61 Å². The summed E-state index contributed by atoms with van der Waals surface area (Å²) in [6.07, 6.45) is 0.764. The minimum absolute atomic E-state index is 0. The first-order valence-electron chi connectivity index (χ1n) is 6.81. The van der Waals surface area contributed by atoms with Gasteiger partial charge in [-0.15, -0.1) is 0 Å². The molecule has 20 heavy (non-hydrogen) atoms. The quantitative estimate of drug-likeness (QED) is 0.543. The van der Waals surface area contributed by atoms with Crippen molar-refractivity contribution in [2.45, 2.75) is 33.6 Å². The molecule has 1 N–H and O–H groups in total. The average molecular weight is 324 g/mol. The van der Waals surface area contributed by atoms with E-state index in [2.05, 4.69) is 12.2 Å². The van der Waals surface area contributed by atoms with Gasteiger partial charge in [0.1, 0.15) is 0 Å². The molecule has 0 aromatic heterocycles. The van der Waals surface area contributed by atoms with Crippen molar-refractivity contribution >= 4 is 11.8 Å². The summed E-state index contributed by atoms with van der Waals surface area (Å²) in [7, 11) is 3.43. The fourth-order valence-corrected chi connectivity index (χ4v) is 1.31. The molecule has 0 aliphatic heterocycles. The molecule has 0 rings (SSSR count). The molecule has 0 saturated carbocycles. The molecule has 0 bridgehead atoms. The largest absolute Gasteiger partial charge is 0.412 e. The Balaban J connectivity index is -0.000000916. The summed E-state index contributed by atoms with van der Waals surface area (Å²) in [6, 6.07) is 0. The fourth-order valence-electron chi connectivity index (χ4n) is 1.31. The van der Waals surface area contributed by atoms with Crippen LogP contribution >= 0.6 is 0 Å². The predicted molar refractivity (Wildman–Crippen MR) is 77.6 cm³/mol. The zero-order valence-corrected chi connectivity index (χ0v) is 14.8. The zero-order chi connectivity index (χ0) is 15.3. The van der Waals surface area contributed by atoms with Crippen molar-refractivity contribution in [3.05, 3.63) is 6.92 Å². The molecule has 5 nitrogen and oxygen atoms in total. The van der Waals surface area contributed by atoms with Crippen molar-refractivity contribution < 1.29 is 32.9 Å². The van der Waals surface area contributed by atoms with Crippen LogP contribution in [0.5, 0.6) is 0 Å². The fraction of sp³-hybridized carbons (Fsp3) is 0.786. The van der Waals surface area contributed by atoms with E-state index >= 15 is 0 Å². The van der Waals surface area contributed by atoms with E-state index in [1.54, 1.807) is 14.1 Å². The van der Waals surface area contributed by atoms with Crippen molar-refractivity contribution in [3.63, 3.8) is 0 Å². The Morgan fingerprint density at radius 2 is 1.80 bits per heavy atom. The van der Waals surface area contributed by atoms with E-state index in [-0.39, 0.29) is 36.3 Å². The van der Waals surface area contributed by atoms with E-state index in [0.717, 1.165) is 0 Å². The van der Waals surface area contributed by atoms with Crippen LogP contribution in [0, 0.1) is 12.8 Å². The van der Waals surface area contributed by atoms with Crippen molar-refractivity contribution in [3.8, 4) is 0 Å². The first kappa shape index (κ1) is 24.5. The Morgan fingerprint density at radius 3 is 2.25 bits per heavy atom. The summed E-state index contributed by atoms with van der Waals surface area (Å²) in [4.78, 5) is 24.4. The van der Waals surface area contributed by atoms with Crippen molar-refractivity contribution in [1.82, 2.24) is 10.2 Å². The number of carbonyl (C=O) groups excluding carboxylic acids is 2. The molecule has 0 spiro atoms. The third-order valence-electron chi connectivity index (χ3n) is 2.27. The monoisotopic (exact) mass is 324 g/mol. The van der Waals surface area contributed by atoms with Gasteiger partial charge in [-0.05, 0) is 5.92 Å². The van der Waals surface area contributed by atoms with Gasteiger partial charge in [-0.3, -0.25) is 9.59 Å². The average Bonchev–Trinajstić information content (AvgIpc) is 2.36. The second kappa shape index (κ2) is 16.5. The number of hydrogen-bond acceptors (Lipinski definition) is 3. The van der Waals surface area contributed by atoms with Gasteiger partial charge in [0.2, 0.25) is 11.8 Å². The summed E-state index contributed by atoms with van der Waals surface area (Å²) in [6.45, 7) is 10.8. The molecule has 119 valence electrons. The molecule has 0 aromatic carbocycles. The molecule has 1 atom stereocenters. The van der Waals surface area contributed by atoms with E-state index in [1.807, 2.05) is 20.8 Å². The summed E-state index contributed by atoms with van der Waals surface area (Å²) >= 11 is 0. The van der Waals surface area contributed by atoms with E-state index in [4.69, 9.17) is 4.74 Å². The van der Waals surface area contributed by atoms with Gasteiger partial charge in [-0.1, -0.05) is 27.4 Å². The minimum atomic E-state index is -0.0447. The number of nitrogens with zero attached hydrogens (tertiary/aromatic N) is 1. The van der Waals surface area contributed by atoms with Gasteiger partial charge >= 0.3 is 0 Å². The number of nitrogens with one attached hydrogen (secondary N) is 1. The number of carbonyl (C=O) groups is 2. The van der Waals surface area contributed by atoms with Crippen LogP contribution in [-0.2, 0) is 32.9 Å². The number of rotatable bonds is 8. The van der Waals surface area contributed by atoms with Gasteiger partial charge in [-0.2, -0.15) is 0 Å². The molecule has 0 aliphatic carbocycles. The number of hydrogen-bond donors (Lipinski definition) is 1. The minimum Gasteiger partial charge on any atom is -0.412 e. The van der Waals surface area contributed by atoms with Crippen LogP contribution in [0.15, 0.2) is 0 Å². The Kier molecular flexibility index (Phi) is 20.3. The van der Waals surface area contributed by atoms with Gasteiger partial charge in [0, 0.05) is 52.0 Å². The molecule has 1 unspecified atom stereocenters. The number of amides is 2. The standard InChI is InChI=1S/C12H23N2O3.C2H6.V/c1-5-17-7-6-13-11(15)8-10(2)9-12(16)14(3)4;1-2;/h10H,1,5-9H2,2-4H3,(H,13,15);1-2H3;/q-1;;. The molecule has 0 saturated heterocycles. The Morgan fingerprint density at radius 1 is 1.25 bits per heavy atom. The Bertz CT molecular complexity index is 249. The second-order valence-corrected chi connectivity index (χ2v) is 4.26. The molecule has 0 aliphatic rings. The van der Waals surface area contributed by atoms with Gasteiger partial charge in [-0.25, -0.2) is 0 Å². The van der Waals surface area contributed by atoms with Crippen LogP contribution < -0.4 is 5.32 Å². The molecular formula is C14H29N2O3V-. The van der Waals surface area contributed by atoms with Crippen LogP contribution in [-0.4, -0.2) is 50.6 Å². The third kappa shape index (κ3) is 15.5. The first-order chi connectivity index (χ1) is 8.97. The van der Waals surface area contributed by atoms with Gasteiger partial charge < -0.3 is 21.9 Å². The summed E-state index contributed by atoms with van der Waals surface area (Å²) in [5.41, 5.74) is 0. The van der Waals surface area contributed by atoms with Gasteiger partial charge in [0.25, 0.3) is 0 Å². The van der Waals surface area contributed by atoms with E-state index in [1.165, 1.54) is 4.90 Å². The molecule has 1 radical (unpaired) electrons. The smallest absolute Gasteiger partial charge is 0.222 e. The molecule has 2 amide bonds. The van der Waals surface area contributed by atoms with Crippen molar-refractivity contribution in [2.75, 3.05) is 33.9 Å². The van der Waals surface area contributed by atoms with Crippen molar-refractivity contribution in [2.24, 2.45) is 5.92 Å². The van der Waals surface area contributed by atoms with Crippen molar-refractivity contribution in [1.29, 1.82) is 0 Å². The summed E-state index contributed by atoms with van der Waals surface area (Å²) < 4.78 is 5.00. The maximum absolute atomic E-state index is 11.5. The first-order valence-corrected chi connectivity index (χ1v) is 6.81. The van der Waals surface area contributed by atoms with Crippen LogP contribution in [0.4, 0.5) is 0 Å². The maximum Gasteiger partial charge on any atom is 0.222 e. The number of ether oxygens (including phenoxy) is 1. The van der Waals surface area contributed by atoms with Crippen LogP contribution in [0.1, 0.15) is 33.6 Å². The molecule has 0 aromatic rings.